The van der Waals surface area contributed by atoms with Gasteiger partial charge in [-0.1, -0.05) is 53.8 Å². The van der Waals surface area contributed by atoms with Crippen molar-refractivity contribution < 1.29 is 8.42 Å². The fourth-order valence-electron chi connectivity index (χ4n) is 3.86. The van der Waals surface area contributed by atoms with Gasteiger partial charge in [0, 0.05) is 24.6 Å². The predicted octanol–water partition coefficient (Wildman–Crippen LogP) is 3.15. The van der Waals surface area contributed by atoms with Crippen LogP contribution in [0, 0.1) is 0 Å². The minimum atomic E-state index is -3.21. The fourth-order valence-corrected chi connectivity index (χ4v) is 5.66. The van der Waals surface area contributed by atoms with E-state index in [0.29, 0.717) is 13.1 Å². The Hall–Kier alpha value is -2.36. The third kappa shape index (κ3) is 2.99. The van der Waals surface area contributed by atoms with Crippen LogP contribution in [0.15, 0.2) is 42.5 Å². The maximum atomic E-state index is 11.9. The number of sulfonamides is 1. The molecule has 0 bridgehead atoms. The Kier molecular flexibility index (Phi) is 4.18. The summed E-state index contributed by atoms with van der Waals surface area (Å²) in [7, 11) is -3.21. The van der Waals surface area contributed by atoms with Gasteiger partial charge in [-0.05, 0) is 23.6 Å². The van der Waals surface area contributed by atoms with Crippen LogP contribution in [-0.4, -0.2) is 51.9 Å². The van der Waals surface area contributed by atoms with Gasteiger partial charge in [-0.2, -0.15) is 9.61 Å². The molecule has 0 amide bonds. The van der Waals surface area contributed by atoms with Crippen LogP contribution in [0.25, 0.3) is 26.3 Å². The minimum Gasteiger partial charge on any atom is -0.213 e. The van der Waals surface area contributed by atoms with Crippen molar-refractivity contribution in [3.05, 3.63) is 48.3 Å². The molecule has 5 rings (SSSR count). The SMILES string of the molecule is CS(=O)(=O)N1CCCC(c2nnc3sc(-c4cccc5ccccc45)nn23)C1. The number of hydrogen-bond acceptors (Lipinski definition) is 6. The van der Waals surface area contributed by atoms with Crippen LogP contribution in [0.2, 0.25) is 0 Å². The largest absolute Gasteiger partial charge is 0.234 e. The first-order valence-corrected chi connectivity index (χ1v) is 11.8. The van der Waals surface area contributed by atoms with Gasteiger partial charge in [-0.15, -0.1) is 10.2 Å². The van der Waals surface area contributed by atoms with Crippen LogP contribution in [0.4, 0.5) is 0 Å². The summed E-state index contributed by atoms with van der Waals surface area (Å²) in [5.41, 5.74) is 1.07. The second-order valence-electron chi connectivity index (χ2n) is 7.15. The summed E-state index contributed by atoms with van der Waals surface area (Å²) in [5, 5.41) is 16.6. The molecule has 0 spiro atoms. The van der Waals surface area contributed by atoms with Crippen molar-refractivity contribution in [2.45, 2.75) is 18.8 Å². The van der Waals surface area contributed by atoms with E-state index in [-0.39, 0.29) is 5.92 Å². The van der Waals surface area contributed by atoms with Crippen LogP contribution < -0.4 is 0 Å². The summed E-state index contributed by atoms with van der Waals surface area (Å²) in [6.45, 7) is 0.996. The number of aromatic nitrogens is 4. The number of nitrogens with zero attached hydrogens (tertiary/aromatic N) is 5. The summed E-state index contributed by atoms with van der Waals surface area (Å²) >= 11 is 1.50. The van der Waals surface area contributed by atoms with Gasteiger partial charge in [0.1, 0.15) is 5.01 Å². The molecule has 1 unspecified atom stereocenters. The lowest BCUT2D eigenvalue weighted by Gasteiger charge is -2.29. The first kappa shape index (κ1) is 17.7. The van der Waals surface area contributed by atoms with Gasteiger partial charge in [-0.3, -0.25) is 0 Å². The van der Waals surface area contributed by atoms with E-state index in [4.69, 9.17) is 5.10 Å². The molecule has 28 heavy (non-hydrogen) atoms. The molecule has 1 aliphatic rings. The first-order chi connectivity index (χ1) is 13.5. The number of benzene rings is 2. The predicted molar refractivity (Wildman–Crippen MR) is 110 cm³/mol. The van der Waals surface area contributed by atoms with Crippen LogP contribution in [-0.2, 0) is 10.0 Å². The highest BCUT2D eigenvalue weighted by Gasteiger charge is 2.30. The molecular weight excluding hydrogens is 394 g/mol. The summed E-state index contributed by atoms with van der Waals surface area (Å²) in [4.78, 5) is 0.731. The summed E-state index contributed by atoms with van der Waals surface area (Å²) in [6.07, 6.45) is 2.96. The molecule has 0 saturated carbocycles. The highest BCUT2D eigenvalue weighted by atomic mass is 32.2. The van der Waals surface area contributed by atoms with Gasteiger partial charge in [0.15, 0.2) is 5.82 Å². The van der Waals surface area contributed by atoms with Crippen molar-refractivity contribution in [1.29, 1.82) is 0 Å². The molecule has 1 saturated heterocycles. The Labute approximate surface area is 166 Å². The zero-order valence-corrected chi connectivity index (χ0v) is 16.9. The minimum absolute atomic E-state index is 0.000873. The van der Waals surface area contributed by atoms with E-state index in [0.717, 1.165) is 39.6 Å². The highest BCUT2D eigenvalue weighted by molar-refractivity contribution is 7.88. The maximum absolute atomic E-state index is 11.9. The van der Waals surface area contributed by atoms with Crippen LogP contribution >= 0.6 is 11.3 Å². The summed E-state index contributed by atoms with van der Waals surface area (Å²) < 4.78 is 27.2. The Balaban J connectivity index is 1.56. The van der Waals surface area contributed by atoms with Crippen LogP contribution in [0.3, 0.4) is 0 Å². The van der Waals surface area contributed by atoms with Gasteiger partial charge in [-0.25, -0.2) is 12.7 Å². The second kappa shape index (κ2) is 6.61. The Morgan fingerprint density at radius 3 is 2.79 bits per heavy atom. The first-order valence-electron chi connectivity index (χ1n) is 9.16. The van der Waals surface area contributed by atoms with Crippen molar-refractivity contribution in [3.63, 3.8) is 0 Å². The molecule has 0 N–H and O–H groups in total. The number of fused-ring (bicyclic) bond motifs is 2. The van der Waals surface area contributed by atoms with E-state index in [9.17, 15) is 8.42 Å². The molecule has 1 aliphatic heterocycles. The van der Waals surface area contributed by atoms with Crippen molar-refractivity contribution in [2.24, 2.45) is 0 Å². The standard InChI is InChI=1S/C19H19N5O2S2/c1-28(25,26)23-11-5-8-14(12-23)17-20-21-19-24(17)22-18(27-19)16-10-4-7-13-6-2-3-9-15(13)16/h2-4,6-7,9-10,14H,5,8,11-12H2,1H3. The molecule has 2 aromatic carbocycles. The van der Waals surface area contributed by atoms with Crippen molar-refractivity contribution >= 4 is 37.1 Å². The normalized spacial score (nSPS) is 18.8. The fraction of sp³-hybridized carbons (Fsp3) is 0.316. The molecule has 9 heteroatoms. The lowest BCUT2D eigenvalue weighted by atomic mass is 9.99. The van der Waals surface area contributed by atoms with E-state index in [1.54, 1.807) is 4.52 Å². The molecule has 4 aromatic rings. The van der Waals surface area contributed by atoms with E-state index in [2.05, 4.69) is 34.5 Å². The average Bonchev–Trinajstić information content (AvgIpc) is 3.27. The number of hydrogen-bond donors (Lipinski definition) is 0. The molecule has 144 valence electrons. The van der Waals surface area contributed by atoms with Gasteiger partial charge in [0.05, 0.1) is 6.26 Å². The second-order valence-corrected chi connectivity index (χ2v) is 10.1. The maximum Gasteiger partial charge on any atom is 0.234 e. The zero-order valence-electron chi connectivity index (χ0n) is 15.3. The van der Waals surface area contributed by atoms with Gasteiger partial charge < -0.3 is 0 Å². The average molecular weight is 414 g/mol. The Morgan fingerprint density at radius 1 is 1.11 bits per heavy atom. The molecule has 2 aromatic heterocycles. The highest BCUT2D eigenvalue weighted by Crippen LogP contribution is 2.33. The van der Waals surface area contributed by atoms with Crippen LogP contribution in [0.1, 0.15) is 24.6 Å². The molecule has 1 atom stereocenters. The summed E-state index contributed by atoms with van der Waals surface area (Å²) in [5.74, 6) is 0.743. The zero-order chi connectivity index (χ0) is 19.3. The van der Waals surface area contributed by atoms with Gasteiger partial charge >= 0.3 is 0 Å². The van der Waals surface area contributed by atoms with E-state index in [1.165, 1.54) is 27.3 Å². The topological polar surface area (TPSA) is 80.5 Å². The Morgan fingerprint density at radius 2 is 1.93 bits per heavy atom. The number of piperidine rings is 1. The van der Waals surface area contributed by atoms with Crippen molar-refractivity contribution in [2.75, 3.05) is 19.3 Å². The monoisotopic (exact) mass is 413 g/mol. The van der Waals surface area contributed by atoms with Gasteiger partial charge in [0.25, 0.3) is 0 Å². The lowest BCUT2D eigenvalue weighted by Crippen LogP contribution is -2.38. The quantitative estimate of drug-likeness (QED) is 0.515. The molecule has 1 fully saturated rings. The smallest absolute Gasteiger partial charge is 0.213 e. The van der Waals surface area contributed by atoms with Gasteiger partial charge in [0.2, 0.25) is 15.0 Å². The molecular formula is C19H19N5O2S2. The third-order valence-electron chi connectivity index (χ3n) is 5.25. The van der Waals surface area contributed by atoms with E-state index in [1.807, 2.05) is 18.2 Å². The van der Waals surface area contributed by atoms with Crippen LogP contribution in [0.5, 0.6) is 0 Å². The number of rotatable bonds is 3. The molecule has 3 heterocycles. The molecule has 0 aliphatic carbocycles. The molecule has 0 radical (unpaired) electrons. The third-order valence-corrected chi connectivity index (χ3v) is 7.46. The summed E-state index contributed by atoms with van der Waals surface area (Å²) in [6, 6.07) is 14.4. The Bertz CT molecular complexity index is 1270. The van der Waals surface area contributed by atoms with E-state index < -0.39 is 10.0 Å². The molecule has 7 nitrogen and oxygen atoms in total. The van der Waals surface area contributed by atoms with Crippen molar-refractivity contribution in [1.82, 2.24) is 24.1 Å². The van der Waals surface area contributed by atoms with Crippen molar-refractivity contribution in [3.8, 4) is 10.6 Å². The lowest BCUT2D eigenvalue weighted by molar-refractivity contribution is 0.309. The van der Waals surface area contributed by atoms with E-state index >= 15 is 0 Å².